The molecule has 1 N–H and O–H groups in total. The number of aryl methyl sites for hydroxylation is 1. The van der Waals surface area contributed by atoms with Crippen molar-refractivity contribution in [2.45, 2.75) is 34.1 Å². The van der Waals surface area contributed by atoms with Crippen molar-refractivity contribution in [1.29, 1.82) is 0 Å². The van der Waals surface area contributed by atoms with E-state index in [-0.39, 0.29) is 18.2 Å². The number of amides is 1. The first-order valence-electron chi connectivity index (χ1n) is 6.25. The van der Waals surface area contributed by atoms with Gasteiger partial charge < -0.3 is 5.32 Å². The molecule has 0 aliphatic carbocycles. The van der Waals surface area contributed by atoms with Crippen LogP contribution in [-0.2, 0) is 11.2 Å². The molecule has 0 aliphatic heterocycles. The summed E-state index contributed by atoms with van der Waals surface area (Å²) in [6.07, 6.45) is 0.802. The molecule has 0 unspecified atom stereocenters. The number of hydrogen-bond acceptors (Lipinski definition) is 2. The summed E-state index contributed by atoms with van der Waals surface area (Å²) in [4.78, 5) is 23.7. The number of nitrogens with one attached hydrogen (secondary N) is 1. The number of hydrogen-bond donors (Lipinski definition) is 1. The molecule has 0 saturated carbocycles. The third kappa shape index (κ3) is 3.69. The van der Waals surface area contributed by atoms with Crippen LogP contribution in [0.25, 0.3) is 0 Å². The summed E-state index contributed by atoms with van der Waals surface area (Å²) >= 11 is 0. The second kappa shape index (κ2) is 5.80. The normalized spacial score (nSPS) is 11.1. The van der Waals surface area contributed by atoms with Crippen LogP contribution in [0, 0.1) is 5.41 Å². The van der Waals surface area contributed by atoms with E-state index in [0.717, 1.165) is 12.0 Å². The van der Waals surface area contributed by atoms with E-state index in [0.29, 0.717) is 5.56 Å². The van der Waals surface area contributed by atoms with Crippen LogP contribution in [0.2, 0.25) is 0 Å². The van der Waals surface area contributed by atoms with Gasteiger partial charge in [-0.25, -0.2) is 0 Å². The number of Topliss-reactive ketones (excluding diaryl/α,β-unsaturated/α-hetero) is 1. The summed E-state index contributed by atoms with van der Waals surface area (Å²) in [6.45, 7) is 7.64. The van der Waals surface area contributed by atoms with E-state index in [2.05, 4.69) is 5.32 Å². The highest BCUT2D eigenvalue weighted by molar-refractivity contribution is 5.98. The molecule has 0 bridgehead atoms. The summed E-state index contributed by atoms with van der Waals surface area (Å²) in [5, 5.41) is 2.69. The van der Waals surface area contributed by atoms with Gasteiger partial charge in [-0.3, -0.25) is 9.59 Å². The molecule has 0 aliphatic rings. The van der Waals surface area contributed by atoms with Crippen LogP contribution in [0.4, 0.5) is 0 Å². The van der Waals surface area contributed by atoms with Crippen LogP contribution in [0.1, 0.15) is 43.6 Å². The summed E-state index contributed by atoms with van der Waals surface area (Å²) in [5.41, 5.74) is 1.23. The Kier molecular flexibility index (Phi) is 4.65. The largest absolute Gasteiger partial charge is 0.345 e. The molecule has 0 radical (unpaired) electrons. The van der Waals surface area contributed by atoms with Crippen molar-refractivity contribution in [3.63, 3.8) is 0 Å². The highest BCUT2D eigenvalue weighted by Gasteiger charge is 2.21. The smallest absolute Gasteiger partial charge is 0.251 e. The lowest BCUT2D eigenvalue weighted by Crippen LogP contribution is -2.35. The lowest BCUT2D eigenvalue weighted by atomic mass is 9.91. The average Bonchev–Trinajstić information content (AvgIpc) is 2.34. The van der Waals surface area contributed by atoms with E-state index in [9.17, 15) is 9.59 Å². The van der Waals surface area contributed by atoms with Gasteiger partial charge in [0.25, 0.3) is 5.91 Å². The highest BCUT2D eigenvalue weighted by atomic mass is 16.2. The highest BCUT2D eigenvalue weighted by Crippen LogP contribution is 2.14. The Morgan fingerprint density at radius 2 is 1.78 bits per heavy atom. The van der Waals surface area contributed by atoms with Gasteiger partial charge in [-0.1, -0.05) is 45.9 Å². The molecule has 1 amide bonds. The molecule has 0 saturated heterocycles. The van der Waals surface area contributed by atoms with Gasteiger partial charge in [0.15, 0.2) is 5.78 Å². The first kappa shape index (κ1) is 14.4. The first-order valence-corrected chi connectivity index (χ1v) is 6.25. The van der Waals surface area contributed by atoms with Gasteiger partial charge in [0.05, 0.1) is 6.54 Å². The molecule has 1 aromatic rings. The molecule has 3 heteroatoms. The van der Waals surface area contributed by atoms with Gasteiger partial charge in [-0.05, 0) is 18.1 Å². The molecule has 0 heterocycles. The fraction of sp³-hybridized carbons (Fsp3) is 0.467. The fourth-order valence-electron chi connectivity index (χ4n) is 1.57. The first-order chi connectivity index (χ1) is 8.36. The quantitative estimate of drug-likeness (QED) is 0.889. The van der Waals surface area contributed by atoms with Crippen molar-refractivity contribution in [2.24, 2.45) is 5.41 Å². The minimum absolute atomic E-state index is 0.0322. The van der Waals surface area contributed by atoms with Crippen LogP contribution in [0.5, 0.6) is 0 Å². The van der Waals surface area contributed by atoms with Crippen LogP contribution in [0.15, 0.2) is 24.3 Å². The van der Waals surface area contributed by atoms with Crippen molar-refractivity contribution in [3.8, 4) is 0 Å². The predicted molar refractivity (Wildman–Crippen MR) is 72.6 cm³/mol. The topological polar surface area (TPSA) is 46.2 Å². The van der Waals surface area contributed by atoms with E-state index in [1.54, 1.807) is 6.07 Å². The Labute approximate surface area is 109 Å². The predicted octanol–water partition coefficient (Wildman–Crippen LogP) is 2.59. The van der Waals surface area contributed by atoms with Gasteiger partial charge in [0.1, 0.15) is 0 Å². The molecule has 1 rings (SSSR count). The zero-order chi connectivity index (χ0) is 13.8. The Bertz CT molecular complexity index is 444. The van der Waals surface area contributed by atoms with Crippen molar-refractivity contribution >= 4 is 11.7 Å². The summed E-state index contributed by atoms with van der Waals surface area (Å²) < 4.78 is 0. The van der Waals surface area contributed by atoms with Gasteiger partial charge in [0.2, 0.25) is 0 Å². The van der Waals surface area contributed by atoms with Crippen LogP contribution >= 0.6 is 0 Å². The summed E-state index contributed by atoms with van der Waals surface area (Å²) in [7, 11) is 0. The van der Waals surface area contributed by atoms with E-state index in [1.807, 2.05) is 45.9 Å². The van der Waals surface area contributed by atoms with E-state index < -0.39 is 5.41 Å². The molecule has 0 fully saturated rings. The SMILES string of the molecule is CCc1ccccc1C(=O)NCC(=O)C(C)(C)C. The zero-order valence-electron chi connectivity index (χ0n) is 11.5. The molecule has 0 atom stereocenters. The molecule has 98 valence electrons. The maximum absolute atomic E-state index is 12.0. The van der Waals surface area contributed by atoms with E-state index in [4.69, 9.17) is 0 Å². The molecule has 1 aromatic carbocycles. The Morgan fingerprint density at radius 3 is 2.33 bits per heavy atom. The van der Waals surface area contributed by atoms with Crippen molar-refractivity contribution < 1.29 is 9.59 Å². The van der Waals surface area contributed by atoms with Crippen LogP contribution in [-0.4, -0.2) is 18.2 Å². The molecule has 0 aromatic heterocycles. The van der Waals surface area contributed by atoms with Gasteiger partial charge in [-0.2, -0.15) is 0 Å². The lowest BCUT2D eigenvalue weighted by molar-refractivity contribution is -0.125. The fourth-order valence-corrected chi connectivity index (χ4v) is 1.57. The van der Waals surface area contributed by atoms with E-state index in [1.165, 1.54) is 0 Å². The number of carbonyl (C=O) groups is 2. The van der Waals surface area contributed by atoms with Gasteiger partial charge in [0, 0.05) is 11.0 Å². The number of benzene rings is 1. The van der Waals surface area contributed by atoms with Crippen LogP contribution in [0.3, 0.4) is 0 Å². The standard InChI is InChI=1S/C15H21NO2/c1-5-11-8-6-7-9-12(11)14(18)16-10-13(17)15(2,3)4/h6-9H,5,10H2,1-4H3,(H,16,18). The number of ketones is 1. The van der Waals surface area contributed by atoms with Crippen LogP contribution < -0.4 is 5.32 Å². The van der Waals surface area contributed by atoms with Crippen molar-refractivity contribution in [2.75, 3.05) is 6.54 Å². The summed E-state index contributed by atoms with van der Waals surface area (Å²) in [5.74, 6) is -0.144. The maximum Gasteiger partial charge on any atom is 0.251 e. The molecular weight excluding hydrogens is 226 g/mol. The lowest BCUT2D eigenvalue weighted by Gasteiger charge is -2.17. The molecule has 3 nitrogen and oxygen atoms in total. The van der Waals surface area contributed by atoms with E-state index >= 15 is 0 Å². The Hall–Kier alpha value is -1.64. The Morgan fingerprint density at radius 1 is 1.17 bits per heavy atom. The third-order valence-electron chi connectivity index (χ3n) is 2.89. The second-order valence-electron chi connectivity index (χ2n) is 5.37. The minimum atomic E-state index is -0.419. The summed E-state index contributed by atoms with van der Waals surface area (Å²) in [6, 6.07) is 7.46. The van der Waals surface area contributed by atoms with Gasteiger partial charge >= 0.3 is 0 Å². The second-order valence-corrected chi connectivity index (χ2v) is 5.37. The van der Waals surface area contributed by atoms with Crippen molar-refractivity contribution in [1.82, 2.24) is 5.32 Å². The zero-order valence-corrected chi connectivity index (χ0v) is 11.5. The van der Waals surface area contributed by atoms with Crippen molar-refractivity contribution in [3.05, 3.63) is 35.4 Å². The monoisotopic (exact) mass is 247 g/mol. The number of carbonyl (C=O) groups excluding carboxylic acids is 2. The Balaban J connectivity index is 2.69. The van der Waals surface area contributed by atoms with Gasteiger partial charge in [-0.15, -0.1) is 0 Å². The molecule has 18 heavy (non-hydrogen) atoms. The number of rotatable bonds is 4. The maximum atomic E-state index is 12.0. The third-order valence-corrected chi connectivity index (χ3v) is 2.89. The average molecular weight is 247 g/mol. The molecular formula is C15H21NO2. The molecule has 0 spiro atoms. The minimum Gasteiger partial charge on any atom is -0.345 e.